The smallest absolute Gasteiger partial charge is 0.151 e. The number of hydrogen-bond acceptors (Lipinski definition) is 1. The van der Waals surface area contributed by atoms with Crippen LogP contribution in [0.3, 0.4) is 0 Å². The largest absolute Gasteiger partial charge is 0.298 e. The molecule has 0 atom stereocenters. The van der Waals surface area contributed by atoms with Gasteiger partial charge < -0.3 is 0 Å². The molecule has 0 saturated carbocycles. The molecule has 0 spiro atoms. The molecule has 0 saturated heterocycles. The Morgan fingerprint density at radius 1 is 0.778 bits per heavy atom. The summed E-state index contributed by atoms with van der Waals surface area (Å²) in [6.07, 6.45) is 0.934. The van der Waals surface area contributed by atoms with E-state index in [2.05, 4.69) is 37.9 Å². The fraction of sp³-hybridized carbons (Fsp3) is 0. The lowest BCUT2D eigenvalue weighted by Gasteiger charge is -2.07. The molecule has 0 amide bonds. The number of rotatable bonds is 1. The van der Waals surface area contributed by atoms with Crippen molar-refractivity contribution in [3.63, 3.8) is 0 Å². The predicted molar refractivity (Wildman–Crippen MR) is 82.2 cm³/mol. The minimum atomic E-state index is 0.741. The third-order valence-electron chi connectivity index (χ3n) is 3.04. The normalized spacial score (nSPS) is 11.0. The minimum Gasteiger partial charge on any atom is -0.298 e. The standard InChI is InChI=1S/C15H8Br2O/c16-11-3-1-9-5-10-2-4-12(17)7-14(10)15(8-18)13(9)6-11/h1-8H. The Morgan fingerprint density at radius 3 is 1.72 bits per heavy atom. The fourth-order valence-electron chi connectivity index (χ4n) is 2.21. The summed E-state index contributed by atoms with van der Waals surface area (Å²) < 4.78 is 1.96. The van der Waals surface area contributed by atoms with Gasteiger partial charge in [-0.25, -0.2) is 0 Å². The third kappa shape index (κ3) is 1.88. The molecule has 3 aromatic rings. The van der Waals surface area contributed by atoms with Crippen LogP contribution in [0.1, 0.15) is 10.4 Å². The van der Waals surface area contributed by atoms with Crippen LogP contribution in [0.15, 0.2) is 51.4 Å². The van der Waals surface area contributed by atoms with Gasteiger partial charge in [0.15, 0.2) is 6.29 Å². The molecule has 88 valence electrons. The van der Waals surface area contributed by atoms with Gasteiger partial charge in [0.25, 0.3) is 0 Å². The summed E-state index contributed by atoms with van der Waals surface area (Å²) in [4.78, 5) is 11.4. The maximum absolute atomic E-state index is 11.4. The van der Waals surface area contributed by atoms with Crippen molar-refractivity contribution in [2.75, 3.05) is 0 Å². The van der Waals surface area contributed by atoms with Crippen molar-refractivity contribution in [2.45, 2.75) is 0 Å². The first kappa shape index (κ1) is 11.9. The number of carbonyl (C=O) groups is 1. The van der Waals surface area contributed by atoms with Crippen molar-refractivity contribution in [1.29, 1.82) is 0 Å². The second kappa shape index (κ2) is 4.48. The summed E-state index contributed by atoms with van der Waals surface area (Å²) >= 11 is 6.90. The van der Waals surface area contributed by atoms with Crippen molar-refractivity contribution in [2.24, 2.45) is 0 Å². The molecule has 3 rings (SSSR count). The average Bonchev–Trinajstić information content (AvgIpc) is 2.36. The number of benzene rings is 3. The average molecular weight is 364 g/mol. The van der Waals surface area contributed by atoms with Crippen molar-refractivity contribution >= 4 is 59.7 Å². The number of fused-ring (bicyclic) bond motifs is 2. The lowest BCUT2D eigenvalue weighted by atomic mass is 9.98. The van der Waals surface area contributed by atoms with Crippen LogP contribution < -0.4 is 0 Å². The fourth-order valence-corrected chi connectivity index (χ4v) is 2.94. The maximum Gasteiger partial charge on any atom is 0.151 e. The van der Waals surface area contributed by atoms with Crippen LogP contribution in [0.2, 0.25) is 0 Å². The zero-order chi connectivity index (χ0) is 12.7. The Balaban J connectivity index is 2.57. The molecule has 0 heterocycles. The number of halogens is 2. The van der Waals surface area contributed by atoms with Gasteiger partial charge in [0, 0.05) is 14.5 Å². The van der Waals surface area contributed by atoms with E-state index >= 15 is 0 Å². The maximum atomic E-state index is 11.4. The molecule has 0 N–H and O–H groups in total. The SMILES string of the molecule is O=Cc1c2cc(Br)ccc2cc2ccc(Br)cc12. The van der Waals surface area contributed by atoms with Gasteiger partial charge in [-0.15, -0.1) is 0 Å². The van der Waals surface area contributed by atoms with Gasteiger partial charge in [0.1, 0.15) is 0 Å². The predicted octanol–water partition coefficient (Wildman–Crippen LogP) is 5.33. The molecule has 0 aliphatic rings. The van der Waals surface area contributed by atoms with Gasteiger partial charge in [-0.2, -0.15) is 0 Å². The highest BCUT2D eigenvalue weighted by Gasteiger charge is 2.07. The van der Waals surface area contributed by atoms with E-state index in [0.29, 0.717) is 0 Å². The lowest BCUT2D eigenvalue weighted by molar-refractivity contribution is 0.112. The molecule has 0 aliphatic carbocycles. The van der Waals surface area contributed by atoms with Gasteiger partial charge in [-0.1, -0.05) is 44.0 Å². The van der Waals surface area contributed by atoms with Crippen LogP contribution in [-0.4, -0.2) is 6.29 Å². The molecule has 3 heteroatoms. The summed E-state index contributed by atoms with van der Waals surface area (Å²) in [5, 5.41) is 4.11. The van der Waals surface area contributed by atoms with E-state index in [1.54, 1.807) is 0 Å². The van der Waals surface area contributed by atoms with Crippen molar-refractivity contribution in [3.8, 4) is 0 Å². The molecular formula is C15H8Br2O. The summed E-state index contributed by atoms with van der Waals surface area (Å²) in [6.45, 7) is 0. The quantitative estimate of drug-likeness (QED) is 0.421. The highest BCUT2D eigenvalue weighted by molar-refractivity contribution is 9.10. The Hall–Kier alpha value is -1.19. The molecule has 0 fully saturated rings. The van der Waals surface area contributed by atoms with Gasteiger partial charge in [-0.3, -0.25) is 4.79 Å². The van der Waals surface area contributed by atoms with Crippen molar-refractivity contribution in [3.05, 3.63) is 57.0 Å². The molecule has 0 bridgehead atoms. The van der Waals surface area contributed by atoms with Crippen LogP contribution in [0.25, 0.3) is 21.5 Å². The second-order valence-corrected chi connectivity index (χ2v) is 5.97. The topological polar surface area (TPSA) is 17.1 Å². The van der Waals surface area contributed by atoms with Gasteiger partial charge in [0.05, 0.1) is 0 Å². The Morgan fingerprint density at radius 2 is 1.28 bits per heavy atom. The Bertz CT molecular complexity index is 718. The first-order valence-electron chi connectivity index (χ1n) is 5.46. The van der Waals surface area contributed by atoms with Gasteiger partial charge in [-0.05, 0) is 51.9 Å². The van der Waals surface area contributed by atoms with Crippen LogP contribution in [0.5, 0.6) is 0 Å². The zero-order valence-electron chi connectivity index (χ0n) is 9.28. The minimum absolute atomic E-state index is 0.741. The van der Waals surface area contributed by atoms with E-state index in [1.807, 2.05) is 36.4 Å². The van der Waals surface area contributed by atoms with E-state index in [4.69, 9.17) is 0 Å². The van der Waals surface area contributed by atoms with Crippen LogP contribution in [0, 0.1) is 0 Å². The highest BCUT2D eigenvalue weighted by Crippen LogP contribution is 2.31. The van der Waals surface area contributed by atoms with E-state index in [0.717, 1.165) is 42.3 Å². The van der Waals surface area contributed by atoms with E-state index in [9.17, 15) is 4.79 Å². The lowest BCUT2D eigenvalue weighted by Crippen LogP contribution is -1.87. The van der Waals surface area contributed by atoms with E-state index < -0.39 is 0 Å². The Kier molecular flexibility index (Phi) is 2.96. The highest BCUT2D eigenvalue weighted by atomic mass is 79.9. The third-order valence-corrected chi connectivity index (χ3v) is 4.03. The van der Waals surface area contributed by atoms with Crippen LogP contribution in [0.4, 0.5) is 0 Å². The number of aldehydes is 1. The van der Waals surface area contributed by atoms with E-state index in [1.165, 1.54) is 0 Å². The molecule has 3 aromatic carbocycles. The van der Waals surface area contributed by atoms with E-state index in [-0.39, 0.29) is 0 Å². The number of hydrogen-bond donors (Lipinski definition) is 0. The first-order chi connectivity index (χ1) is 8.69. The van der Waals surface area contributed by atoms with Gasteiger partial charge >= 0.3 is 0 Å². The molecule has 0 radical (unpaired) electrons. The second-order valence-electron chi connectivity index (χ2n) is 4.14. The van der Waals surface area contributed by atoms with Gasteiger partial charge in [0.2, 0.25) is 0 Å². The summed E-state index contributed by atoms with van der Waals surface area (Å²) in [6, 6.07) is 14.1. The molecule has 0 aromatic heterocycles. The van der Waals surface area contributed by atoms with Crippen molar-refractivity contribution in [1.82, 2.24) is 0 Å². The monoisotopic (exact) mass is 362 g/mol. The molecule has 0 unspecified atom stereocenters. The summed E-state index contributed by atoms with van der Waals surface area (Å²) in [5.41, 5.74) is 0.741. The van der Waals surface area contributed by atoms with Crippen LogP contribution >= 0.6 is 31.9 Å². The number of carbonyl (C=O) groups excluding carboxylic acids is 1. The molecular weight excluding hydrogens is 356 g/mol. The zero-order valence-corrected chi connectivity index (χ0v) is 12.5. The Labute approximate surface area is 121 Å². The van der Waals surface area contributed by atoms with Crippen LogP contribution in [-0.2, 0) is 0 Å². The first-order valence-corrected chi connectivity index (χ1v) is 7.04. The van der Waals surface area contributed by atoms with Crippen molar-refractivity contribution < 1.29 is 4.79 Å². The molecule has 0 aliphatic heterocycles. The summed E-state index contributed by atoms with van der Waals surface area (Å²) in [7, 11) is 0. The summed E-state index contributed by atoms with van der Waals surface area (Å²) in [5.74, 6) is 0. The molecule has 18 heavy (non-hydrogen) atoms. The molecule has 1 nitrogen and oxygen atoms in total.